The third kappa shape index (κ3) is 3.68. The van der Waals surface area contributed by atoms with Crippen molar-refractivity contribution in [1.29, 1.82) is 0 Å². The van der Waals surface area contributed by atoms with Crippen molar-refractivity contribution in [1.82, 2.24) is 14.1 Å². The van der Waals surface area contributed by atoms with Crippen LogP contribution in [-0.4, -0.2) is 21.2 Å². The van der Waals surface area contributed by atoms with E-state index in [2.05, 4.69) is 21.0 Å². The molecule has 0 bridgehead atoms. The molecule has 1 saturated carbocycles. The Morgan fingerprint density at radius 3 is 3.00 bits per heavy atom. The highest BCUT2D eigenvalue weighted by Gasteiger charge is 2.40. The highest BCUT2D eigenvalue weighted by atomic mass is 32.1. The van der Waals surface area contributed by atoms with Crippen molar-refractivity contribution in [2.75, 3.05) is 6.54 Å². The number of aromatic nitrogens is 2. The van der Waals surface area contributed by atoms with Crippen LogP contribution in [0, 0.1) is 5.92 Å². The van der Waals surface area contributed by atoms with Crippen LogP contribution in [-0.2, 0) is 0 Å². The number of alkyl halides is 2. The number of halogens is 2. The number of hydrogen-bond donors (Lipinski definition) is 1. The standard InChI is InChI=1S/C12H19F2N3S/c1-2-5-15-10(11-8-16-18-17-11)6-9-3-4-12(13,14)7-9/h8-10,15H,2-7H2,1H3. The van der Waals surface area contributed by atoms with Crippen molar-refractivity contribution >= 4 is 11.7 Å². The molecule has 0 aliphatic heterocycles. The first-order chi connectivity index (χ1) is 8.61. The second-order valence-electron chi connectivity index (χ2n) is 5.04. The van der Waals surface area contributed by atoms with Crippen LogP contribution in [0.25, 0.3) is 0 Å². The average molecular weight is 275 g/mol. The van der Waals surface area contributed by atoms with E-state index in [-0.39, 0.29) is 24.8 Å². The van der Waals surface area contributed by atoms with Gasteiger partial charge in [-0.2, -0.15) is 8.75 Å². The van der Waals surface area contributed by atoms with Crippen molar-refractivity contribution in [3.63, 3.8) is 0 Å². The summed E-state index contributed by atoms with van der Waals surface area (Å²) in [6.07, 6.45) is 4.18. The third-order valence-electron chi connectivity index (χ3n) is 3.45. The first-order valence-electron chi connectivity index (χ1n) is 6.49. The topological polar surface area (TPSA) is 37.8 Å². The summed E-state index contributed by atoms with van der Waals surface area (Å²) in [5, 5.41) is 3.39. The zero-order valence-electron chi connectivity index (χ0n) is 10.5. The molecule has 0 amide bonds. The molecule has 1 aliphatic rings. The summed E-state index contributed by atoms with van der Waals surface area (Å²) < 4.78 is 34.6. The fourth-order valence-corrected chi connectivity index (χ4v) is 3.00. The van der Waals surface area contributed by atoms with Gasteiger partial charge in [-0.1, -0.05) is 6.92 Å². The molecule has 1 aromatic rings. The lowest BCUT2D eigenvalue weighted by Gasteiger charge is -2.20. The lowest BCUT2D eigenvalue weighted by atomic mass is 9.96. The van der Waals surface area contributed by atoms with Gasteiger partial charge >= 0.3 is 0 Å². The fraction of sp³-hybridized carbons (Fsp3) is 0.833. The molecule has 1 N–H and O–H groups in total. The summed E-state index contributed by atoms with van der Waals surface area (Å²) >= 11 is 1.17. The van der Waals surface area contributed by atoms with Gasteiger partial charge < -0.3 is 5.32 Å². The largest absolute Gasteiger partial charge is 0.309 e. The maximum absolute atomic E-state index is 13.2. The second-order valence-corrected chi connectivity index (χ2v) is 5.60. The van der Waals surface area contributed by atoms with Gasteiger partial charge in [-0.15, -0.1) is 0 Å². The molecule has 3 nitrogen and oxygen atoms in total. The third-order valence-corrected chi connectivity index (χ3v) is 3.94. The predicted molar refractivity (Wildman–Crippen MR) is 67.8 cm³/mol. The molecule has 0 aromatic carbocycles. The molecule has 0 spiro atoms. The molecule has 1 heterocycles. The lowest BCUT2D eigenvalue weighted by molar-refractivity contribution is 0.00429. The summed E-state index contributed by atoms with van der Waals surface area (Å²) in [4.78, 5) is 0. The van der Waals surface area contributed by atoms with E-state index in [9.17, 15) is 8.78 Å². The first kappa shape index (κ1) is 13.8. The van der Waals surface area contributed by atoms with Gasteiger partial charge in [0.15, 0.2) is 0 Å². The Labute approximate surface area is 110 Å². The molecular formula is C12H19F2N3S. The Kier molecular flexibility index (Phi) is 4.61. The van der Waals surface area contributed by atoms with Crippen molar-refractivity contribution in [3.8, 4) is 0 Å². The maximum atomic E-state index is 13.2. The van der Waals surface area contributed by atoms with E-state index in [1.807, 2.05) is 0 Å². The van der Waals surface area contributed by atoms with Gasteiger partial charge in [-0.25, -0.2) is 8.78 Å². The van der Waals surface area contributed by atoms with Crippen molar-refractivity contribution < 1.29 is 8.78 Å². The second kappa shape index (κ2) is 6.02. The van der Waals surface area contributed by atoms with Gasteiger partial charge in [0.25, 0.3) is 0 Å². The molecule has 102 valence electrons. The van der Waals surface area contributed by atoms with Crippen LogP contribution in [0.5, 0.6) is 0 Å². The highest BCUT2D eigenvalue weighted by Crippen LogP contribution is 2.42. The molecule has 2 unspecified atom stereocenters. The van der Waals surface area contributed by atoms with E-state index < -0.39 is 5.92 Å². The normalized spacial score (nSPS) is 24.3. The van der Waals surface area contributed by atoms with Crippen LogP contribution < -0.4 is 5.32 Å². The average Bonchev–Trinajstić information content (AvgIpc) is 2.94. The molecule has 0 saturated heterocycles. The number of rotatable bonds is 6. The van der Waals surface area contributed by atoms with Crippen LogP contribution >= 0.6 is 11.7 Å². The molecule has 18 heavy (non-hydrogen) atoms. The zero-order chi connectivity index (χ0) is 13.0. The minimum absolute atomic E-state index is 0.0227. The maximum Gasteiger partial charge on any atom is 0.248 e. The van der Waals surface area contributed by atoms with Gasteiger partial charge in [-0.05, 0) is 31.7 Å². The highest BCUT2D eigenvalue weighted by molar-refractivity contribution is 6.99. The van der Waals surface area contributed by atoms with Crippen molar-refractivity contribution in [2.45, 2.75) is 51.0 Å². The molecule has 0 radical (unpaired) electrons. The van der Waals surface area contributed by atoms with E-state index in [1.165, 1.54) is 11.7 Å². The molecule has 1 aromatic heterocycles. The van der Waals surface area contributed by atoms with Crippen LogP contribution in [0.1, 0.15) is 50.8 Å². The minimum atomic E-state index is -2.46. The molecule has 2 atom stereocenters. The van der Waals surface area contributed by atoms with E-state index in [0.717, 1.165) is 25.1 Å². The summed E-state index contributed by atoms with van der Waals surface area (Å²) in [6.45, 7) is 2.97. The Bertz CT molecular complexity index is 356. The van der Waals surface area contributed by atoms with Crippen LogP contribution in [0.4, 0.5) is 8.78 Å². The van der Waals surface area contributed by atoms with Gasteiger partial charge in [0.2, 0.25) is 5.92 Å². The Morgan fingerprint density at radius 2 is 2.44 bits per heavy atom. The quantitative estimate of drug-likeness (QED) is 0.864. The van der Waals surface area contributed by atoms with Gasteiger partial charge in [0, 0.05) is 12.8 Å². The predicted octanol–water partition coefficient (Wildman–Crippen LogP) is 3.40. The van der Waals surface area contributed by atoms with Gasteiger partial charge in [0.1, 0.15) is 0 Å². The summed E-state index contributed by atoms with van der Waals surface area (Å²) in [5.74, 6) is -2.36. The first-order valence-corrected chi connectivity index (χ1v) is 7.22. The number of nitrogens with zero attached hydrogens (tertiary/aromatic N) is 2. The monoisotopic (exact) mass is 275 g/mol. The van der Waals surface area contributed by atoms with E-state index >= 15 is 0 Å². The Balaban J connectivity index is 1.93. The molecule has 1 fully saturated rings. The minimum Gasteiger partial charge on any atom is -0.309 e. The summed E-state index contributed by atoms with van der Waals surface area (Å²) in [7, 11) is 0. The number of hydrogen-bond acceptors (Lipinski definition) is 4. The molecule has 2 rings (SSSR count). The van der Waals surface area contributed by atoms with Crippen LogP contribution in [0.15, 0.2) is 6.20 Å². The van der Waals surface area contributed by atoms with E-state index in [0.29, 0.717) is 6.42 Å². The van der Waals surface area contributed by atoms with E-state index in [1.54, 1.807) is 6.20 Å². The van der Waals surface area contributed by atoms with Gasteiger partial charge in [0.05, 0.1) is 29.7 Å². The van der Waals surface area contributed by atoms with Crippen LogP contribution in [0.2, 0.25) is 0 Å². The lowest BCUT2D eigenvalue weighted by Crippen LogP contribution is -2.24. The Hall–Kier alpha value is -0.620. The molecule has 6 heteroatoms. The van der Waals surface area contributed by atoms with Crippen molar-refractivity contribution in [3.05, 3.63) is 11.9 Å². The molecule has 1 aliphatic carbocycles. The van der Waals surface area contributed by atoms with Gasteiger partial charge in [-0.3, -0.25) is 0 Å². The zero-order valence-corrected chi connectivity index (χ0v) is 11.3. The fourth-order valence-electron chi connectivity index (χ4n) is 2.53. The van der Waals surface area contributed by atoms with Crippen LogP contribution in [0.3, 0.4) is 0 Å². The number of nitrogens with one attached hydrogen (secondary N) is 1. The van der Waals surface area contributed by atoms with Crippen molar-refractivity contribution in [2.24, 2.45) is 5.92 Å². The summed E-state index contributed by atoms with van der Waals surface area (Å²) in [6, 6.07) is 0.0719. The van der Waals surface area contributed by atoms with E-state index in [4.69, 9.17) is 0 Å². The smallest absolute Gasteiger partial charge is 0.248 e. The molecular weight excluding hydrogens is 256 g/mol. The summed E-state index contributed by atoms with van der Waals surface area (Å²) in [5.41, 5.74) is 0.892. The SMILES string of the molecule is CCCNC(CC1CCC(F)(F)C1)c1cnsn1. The Morgan fingerprint density at radius 1 is 1.61 bits per heavy atom.